The summed E-state index contributed by atoms with van der Waals surface area (Å²) in [6.07, 6.45) is 0. The Kier molecular flexibility index (Phi) is 10.1. The smallest absolute Gasteiger partial charge is 0.0561 e. The third-order valence-electron chi connectivity index (χ3n) is 12.8. The zero-order valence-corrected chi connectivity index (χ0v) is 36.5. The van der Waals surface area contributed by atoms with Crippen molar-refractivity contribution < 1.29 is 0 Å². The highest BCUT2D eigenvalue weighted by molar-refractivity contribution is 6.30. The van der Waals surface area contributed by atoms with Gasteiger partial charge in [0, 0.05) is 38.9 Å². The summed E-state index contributed by atoms with van der Waals surface area (Å²) in [6.45, 7) is 13.8. The van der Waals surface area contributed by atoms with Gasteiger partial charge >= 0.3 is 0 Å². The van der Waals surface area contributed by atoms with Crippen LogP contribution < -0.4 is 9.80 Å². The molecular formula is C60H52N2. The normalized spacial score (nSPS) is 11.7. The molecule has 0 atom stereocenters. The predicted octanol–water partition coefficient (Wildman–Crippen LogP) is 17.7. The van der Waals surface area contributed by atoms with Crippen LogP contribution in [0.3, 0.4) is 0 Å². The second kappa shape index (κ2) is 16.0. The van der Waals surface area contributed by atoms with Gasteiger partial charge in [-0.2, -0.15) is 0 Å². The van der Waals surface area contributed by atoms with Gasteiger partial charge in [-0.15, -0.1) is 0 Å². The lowest BCUT2D eigenvalue weighted by molar-refractivity contribution is 0.847. The second-order valence-corrected chi connectivity index (χ2v) is 17.4. The van der Waals surface area contributed by atoms with Gasteiger partial charge in [-0.05, 0) is 129 Å². The summed E-state index contributed by atoms with van der Waals surface area (Å²) in [5.74, 6) is 0.730. The molecule has 10 aromatic rings. The van der Waals surface area contributed by atoms with Crippen molar-refractivity contribution >= 4 is 66.4 Å². The van der Waals surface area contributed by atoms with Crippen LogP contribution in [0, 0.1) is 13.8 Å². The Morgan fingerprint density at radius 2 is 0.661 bits per heavy atom. The minimum atomic E-state index is 0.365. The van der Waals surface area contributed by atoms with E-state index in [0.29, 0.717) is 11.8 Å². The summed E-state index contributed by atoms with van der Waals surface area (Å²) < 4.78 is 0. The fourth-order valence-electron chi connectivity index (χ4n) is 9.63. The number of rotatable bonds is 10. The number of nitrogens with zero attached hydrogens (tertiary/aromatic N) is 2. The van der Waals surface area contributed by atoms with Crippen LogP contribution in [0.1, 0.15) is 61.8 Å². The first-order valence-corrected chi connectivity index (χ1v) is 22.1. The summed E-state index contributed by atoms with van der Waals surface area (Å²) in [5, 5.41) is 7.78. The van der Waals surface area contributed by atoms with Crippen molar-refractivity contribution in [3.05, 3.63) is 216 Å². The van der Waals surface area contributed by atoms with Crippen LogP contribution >= 0.6 is 0 Å². The van der Waals surface area contributed by atoms with Crippen molar-refractivity contribution in [2.24, 2.45) is 0 Å². The van der Waals surface area contributed by atoms with Crippen LogP contribution in [0.25, 0.3) is 54.6 Å². The minimum Gasteiger partial charge on any atom is -0.310 e. The molecule has 0 spiro atoms. The molecule has 0 aromatic heterocycles. The van der Waals surface area contributed by atoms with E-state index in [1.807, 2.05) is 0 Å². The molecule has 2 nitrogen and oxygen atoms in total. The molecule has 0 saturated carbocycles. The monoisotopic (exact) mass is 800 g/mol. The number of anilines is 6. The third-order valence-corrected chi connectivity index (χ3v) is 12.8. The Bertz CT molecular complexity index is 2980. The van der Waals surface area contributed by atoms with Crippen LogP contribution in [0.15, 0.2) is 194 Å². The molecule has 0 heterocycles. The molecule has 0 bridgehead atoms. The van der Waals surface area contributed by atoms with Crippen LogP contribution in [0.4, 0.5) is 34.1 Å². The highest BCUT2D eigenvalue weighted by Gasteiger charge is 2.27. The molecule has 0 unspecified atom stereocenters. The van der Waals surface area contributed by atoms with Crippen molar-refractivity contribution in [3.63, 3.8) is 0 Å². The Balaban J connectivity index is 1.37. The highest BCUT2D eigenvalue weighted by atomic mass is 15.2. The second-order valence-electron chi connectivity index (χ2n) is 17.4. The van der Waals surface area contributed by atoms with Crippen molar-refractivity contribution in [2.75, 3.05) is 9.80 Å². The third kappa shape index (κ3) is 6.77. The Labute approximate surface area is 366 Å². The van der Waals surface area contributed by atoms with E-state index >= 15 is 0 Å². The summed E-state index contributed by atoms with van der Waals surface area (Å²) in [7, 11) is 0. The van der Waals surface area contributed by atoms with E-state index in [0.717, 1.165) is 34.1 Å². The van der Waals surface area contributed by atoms with Gasteiger partial charge in [-0.3, -0.25) is 0 Å². The molecule has 0 radical (unpaired) electrons. The molecular weight excluding hydrogens is 749 g/mol. The fourth-order valence-corrected chi connectivity index (χ4v) is 9.63. The van der Waals surface area contributed by atoms with E-state index in [2.05, 4.69) is 245 Å². The Morgan fingerprint density at radius 1 is 0.306 bits per heavy atom. The Hall–Kier alpha value is -7.16. The zero-order valence-electron chi connectivity index (χ0n) is 36.5. The van der Waals surface area contributed by atoms with Gasteiger partial charge in [0.1, 0.15) is 0 Å². The van der Waals surface area contributed by atoms with Crippen LogP contribution in [0.5, 0.6) is 0 Å². The molecule has 10 rings (SSSR count). The lowest BCUT2D eigenvalue weighted by Crippen LogP contribution is -2.16. The van der Waals surface area contributed by atoms with E-state index in [1.54, 1.807) is 0 Å². The minimum absolute atomic E-state index is 0.365. The highest BCUT2D eigenvalue weighted by Crippen LogP contribution is 2.52. The fraction of sp³-hybridized carbons (Fsp3) is 0.133. The first-order valence-electron chi connectivity index (χ1n) is 22.1. The lowest BCUT2D eigenvalue weighted by atomic mass is 9.83. The lowest BCUT2D eigenvalue weighted by Gasteiger charge is -2.34. The Morgan fingerprint density at radius 3 is 1.05 bits per heavy atom. The van der Waals surface area contributed by atoms with Crippen LogP contribution in [0.2, 0.25) is 0 Å². The number of benzene rings is 10. The van der Waals surface area contributed by atoms with E-state index in [4.69, 9.17) is 0 Å². The zero-order chi connectivity index (χ0) is 42.5. The van der Waals surface area contributed by atoms with Crippen molar-refractivity contribution in [2.45, 2.75) is 53.4 Å². The topological polar surface area (TPSA) is 6.48 Å². The van der Waals surface area contributed by atoms with Gasteiger partial charge in [0.25, 0.3) is 0 Å². The maximum atomic E-state index is 2.51. The molecule has 0 aliphatic heterocycles. The first kappa shape index (κ1) is 39.0. The van der Waals surface area contributed by atoms with Gasteiger partial charge in [0.15, 0.2) is 0 Å². The van der Waals surface area contributed by atoms with Gasteiger partial charge in [0.05, 0.1) is 11.4 Å². The number of aryl methyl sites for hydroxylation is 2. The number of hydrogen-bond donors (Lipinski definition) is 0. The summed E-state index contributed by atoms with van der Waals surface area (Å²) >= 11 is 0. The van der Waals surface area contributed by atoms with Crippen molar-refractivity contribution in [1.82, 2.24) is 0 Å². The molecule has 0 N–H and O–H groups in total. The molecule has 0 amide bonds. The average molecular weight is 801 g/mol. The molecule has 10 aromatic carbocycles. The molecule has 2 heteroatoms. The van der Waals surface area contributed by atoms with E-state index in [1.165, 1.54) is 76.8 Å². The largest absolute Gasteiger partial charge is 0.310 e. The SMILES string of the molecule is Cc1ccc(-c2ccccc2)cc1N(c1ccccc1)c1cc(N(c2ccccc2)c2cc(-c3ccccc3)ccc2C)c2ccc3c(C(C)C)cc(C(C)C)c4ccc1c2c43. The first-order chi connectivity index (χ1) is 30.3. The standard InChI is InChI=1S/C60H52N2/c1-39(2)53-37-54(40(3)4)50-32-34-52-58(62(48-25-17-10-18-26-48)56-36-46(30-28-42(56)6)44-21-13-8-14-22-44)38-57(51-33-31-49(53)59(50)60(51)52)61(47-23-15-9-16-24-47)55-35-45(29-27-41(55)5)43-19-11-7-12-20-43/h7-40H,1-6H3. The molecule has 62 heavy (non-hydrogen) atoms. The summed E-state index contributed by atoms with van der Waals surface area (Å²) in [6, 6.07) is 71.8. The van der Waals surface area contributed by atoms with E-state index < -0.39 is 0 Å². The van der Waals surface area contributed by atoms with Crippen molar-refractivity contribution in [1.29, 1.82) is 0 Å². The molecule has 0 aliphatic rings. The van der Waals surface area contributed by atoms with Gasteiger partial charge in [-0.25, -0.2) is 0 Å². The summed E-state index contributed by atoms with van der Waals surface area (Å²) in [5.41, 5.74) is 16.8. The van der Waals surface area contributed by atoms with Crippen molar-refractivity contribution in [3.8, 4) is 22.3 Å². The van der Waals surface area contributed by atoms with E-state index in [9.17, 15) is 0 Å². The number of para-hydroxylation sites is 2. The van der Waals surface area contributed by atoms with Gasteiger partial charge in [-0.1, -0.05) is 179 Å². The quantitative estimate of drug-likeness (QED) is 0.127. The maximum Gasteiger partial charge on any atom is 0.0561 e. The molecule has 0 aliphatic carbocycles. The number of hydrogen-bond acceptors (Lipinski definition) is 2. The van der Waals surface area contributed by atoms with Crippen LogP contribution in [-0.2, 0) is 0 Å². The molecule has 0 fully saturated rings. The van der Waals surface area contributed by atoms with Gasteiger partial charge in [0.2, 0.25) is 0 Å². The average Bonchev–Trinajstić information content (AvgIpc) is 3.31. The maximum absolute atomic E-state index is 2.51. The van der Waals surface area contributed by atoms with Gasteiger partial charge < -0.3 is 9.80 Å². The summed E-state index contributed by atoms with van der Waals surface area (Å²) in [4.78, 5) is 5.03. The predicted molar refractivity (Wildman–Crippen MR) is 268 cm³/mol. The van der Waals surface area contributed by atoms with E-state index in [-0.39, 0.29) is 0 Å². The van der Waals surface area contributed by atoms with Crippen LogP contribution in [-0.4, -0.2) is 0 Å². The molecule has 0 saturated heterocycles. The molecule has 302 valence electrons.